The van der Waals surface area contributed by atoms with E-state index in [0.717, 1.165) is 0 Å². The summed E-state index contributed by atoms with van der Waals surface area (Å²) >= 11 is 4.24. The van der Waals surface area contributed by atoms with E-state index >= 15 is 0 Å². The van der Waals surface area contributed by atoms with Crippen molar-refractivity contribution in [1.82, 2.24) is 5.32 Å². The van der Waals surface area contributed by atoms with Gasteiger partial charge in [0.15, 0.2) is 0 Å². The highest BCUT2D eigenvalue weighted by atomic mass is 32.2. The minimum Gasteiger partial charge on any atom is -0.365 e. The molecule has 174 valence electrons. The van der Waals surface area contributed by atoms with Crippen molar-refractivity contribution < 1.29 is 32.2 Å². The molecule has 5 nitrogen and oxygen atoms in total. The van der Waals surface area contributed by atoms with Crippen molar-refractivity contribution in [2.24, 2.45) is 0 Å². The van der Waals surface area contributed by atoms with Gasteiger partial charge in [0.2, 0.25) is 0 Å². The number of nitrogens with one attached hydrogen (secondary N) is 1. The first-order valence-corrected chi connectivity index (χ1v) is 13.6. The molecule has 0 aromatic heterocycles. The number of thioether (sulfide) groups is 3. The van der Waals surface area contributed by atoms with Gasteiger partial charge in [0.05, 0.1) is 36.1 Å². The summed E-state index contributed by atoms with van der Waals surface area (Å²) in [7, 11) is 0. The number of rotatable bonds is 16. The highest BCUT2D eigenvalue weighted by molar-refractivity contribution is 7.98. The lowest BCUT2D eigenvalue weighted by atomic mass is 9.76. The second-order valence-electron chi connectivity index (χ2n) is 6.30. The summed E-state index contributed by atoms with van der Waals surface area (Å²) in [5, 5.41) is 2.28. The zero-order valence-corrected chi connectivity index (χ0v) is 20.4. The smallest absolute Gasteiger partial charge is 0.365 e. The van der Waals surface area contributed by atoms with Crippen LogP contribution in [-0.4, -0.2) is 72.5 Å². The number of amides is 1. The number of ether oxygens (including phenoxy) is 3. The van der Waals surface area contributed by atoms with Crippen LogP contribution >= 0.6 is 35.3 Å². The van der Waals surface area contributed by atoms with Crippen LogP contribution in [-0.2, 0) is 19.0 Å². The van der Waals surface area contributed by atoms with Crippen LogP contribution in [0.25, 0.3) is 0 Å². The van der Waals surface area contributed by atoms with Crippen LogP contribution in [0.2, 0.25) is 0 Å². The van der Waals surface area contributed by atoms with Crippen molar-refractivity contribution in [3.63, 3.8) is 0 Å². The molecule has 1 N–H and O–H groups in total. The highest BCUT2D eigenvalue weighted by Gasteiger charge is 2.56. The molecule has 29 heavy (non-hydrogen) atoms. The molecular formula is C18H34F3NO4S3. The maximum Gasteiger partial charge on any atom is 0.471 e. The summed E-state index contributed by atoms with van der Waals surface area (Å²) in [6, 6.07) is 0. The topological polar surface area (TPSA) is 56.8 Å². The quantitative estimate of drug-likeness (QED) is 0.319. The average molecular weight is 482 g/mol. The minimum atomic E-state index is -5.03. The second-order valence-corrected chi connectivity index (χ2v) is 8.73. The van der Waals surface area contributed by atoms with Gasteiger partial charge in [-0.2, -0.15) is 13.2 Å². The van der Waals surface area contributed by atoms with Gasteiger partial charge in [0.1, 0.15) is 5.54 Å². The maximum absolute atomic E-state index is 13.3. The standard InChI is InChI=1S/C18H34F3NO4S3/c1-7-13(24-10-27-4)17(14(8-2)25-11-28-5,15(9-3)26-12-29-6)22-16(23)18(19,20)21/h13-15H,7-12H2,1-6H3,(H,22,23). The molecule has 0 saturated heterocycles. The minimum absolute atomic E-state index is 0.278. The SMILES string of the molecule is CCC(OCSC)C(NC(=O)C(F)(F)F)(C(CC)OCSC)C(CC)OCSC. The Kier molecular flexibility index (Phi) is 15.2. The van der Waals surface area contributed by atoms with Crippen LogP contribution in [0.5, 0.6) is 0 Å². The lowest BCUT2D eigenvalue weighted by Gasteiger charge is -2.49. The zero-order chi connectivity index (χ0) is 22.5. The van der Waals surface area contributed by atoms with Crippen LogP contribution in [0.15, 0.2) is 0 Å². The first-order chi connectivity index (χ1) is 13.7. The third-order valence-electron chi connectivity index (χ3n) is 4.46. The van der Waals surface area contributed by atoms with Crippen LogP contribution in [0.3, 0.4) is 0 Å². The van der Waals surface area contributed by atoms with E-state index in [1.807, 2.05) is 39.5 Å². The van der Waals surface area contributed by atoms with Gasteiger partial charge in [0, 0.05) is 0 Å². The molecule has 0 saturated carbocycles. The van der Waals surface area contributed by atoms with Crippen molar-refractivity contribution in [2.45, 2.75) is 70.1 Å². The van der Waals surface area contributed by atoms with Gasteiger partial charge < -0.3 is 19.5 Å². The summed E-state index contributed by atoms with van der Waals surface area (Å²) < 4.78 is 57.7. The van der Waals surface area contributed by atoms with Crippen LogP contribution in [0.1, 0.15) is 40.0 Å². The van der Waals surface area contributed by atoms with Gasteiger partial charge in [-0.25, -0.2) is 0 Å². The molecule has 1 amide bonds. The Balaban J connectivity index is 6.48. The number of carbonyl (C=O) groups excluding carboxylic acids is 1. The Morgan fingerprint density at radius 1 is 0.793 bits per heavy atom. The molecule has 0 heterocycles. The molecule has 0 aromatic carbocycles. The fourth-order valence-electron chi connectivity index (χ4n) is 3.36. The van der Waals surface area contributed by atoms with E-state index in [-0.39, 0.29) is 17.8 Å². The summed E-state index contributed by atoms with van der Waals surface area (Å²) in [6.45, 7) is 5.46. The number of hydrogen-bond acceptors (Lipinski definition) is 7. The molecule has 11 heteroatoms. The normalized spacial score (nSPS) is 17.4. The average Bonchev–Trinajstić information content (AvgIpc) is 2.68. The van der Waals surface area contributed by atoms with E-state index in [0.29, 0.717) is 19.3 Å². The number of hydrogen-bond donors (Lipinski definition) is 1. The van der Waals surface area contributed by atoms with E-state index in [4.69, 9.17) is 14.2 Å². The van der Waals surface area contributed by atoms with Gasteiger partial charge in [-0.1, -0.05) is 20.8 Å². The van der Waals surface area contributed by atoms with Crippen molar-refractivity contribution in [2.75, 3.05) is 36.6 Å². The molecule has 3 atom stereocenters. The number of halogens is 3. The van der Waals surface area contributed by atoms with Crippen LogP contribution < -0.4 is 5.32 Å². The van der Waals surface area contributed by atoms with Gasteiger partial charge >= 0.3 is 12.1 Å². The maximum atomic E-state index is 13.3. The van der Waals surface area contributed by atoms with Gasteiger partial charge in [-0.15, -0.1) is 35.3 Å². The molecule has 0 spiro atoms. The second kappa shape index (κ2) is 15.1. The molecule has 0 aromatic rings. The van der Waals surface area contributed by atoms with E-state index < -0.39 is 35.9 Å². The summed E-state index contributed by atoms with van der Waals surface area (Å²) in [6.07, 6.45) is -0.521. The highest BCUT2D eigenvalue weighted by Crippen LogP contribution is 2.35. The van der Waals surface area contributed by atoms with Crippen molar-refractivity contribution in [3.05, 3.63) is 0 Å². The van der Waals surface area contributed by atoms with Gasteiger partial charge in [0.25, 0.3) is 0 Å². The van der Waals surface area contributed by atoms with Gasteiger partial charge in [-0.05, 0) is 38.0 Å². The third kappa shape index (κ3) is 8.68. The Morgan fingerprint density at radius 3 is 1.31 bits per heavy atom. The largest absolute Gasteiger partial charge is 0.471 e. The first kappa shape index (κ1) is 29.2. The van der Waals surface area contributed by atoms with Crippen LogP contribution in [0, 0.1) is 0 Å². The van der Waals surface area contributed by atoms with E-state index in [2.05, 4.69) is 5.32 Å². The van der Waals surface area contributed by atoms with Crippen LogP contribution in [0.4, 0.5) is 13.2 Å². The summed E-state index contributed by atoms with van der Waals surface area (Å²) in [5.74, 6) is -1.18. The summed E-state index contributed by atoms with van der Waals surface area (Å²) in [4.78, 5) is 12.1. The Labute approximate surface area is 185 Å². The molecule has 0 rings (SSSR count). The Morgan fingerprint density at radius 2 is 1.10 bits per heavy atom. The third-order valence-corrected chi connectivity index (χ3v) is 5.57. The fraction of sp³-hybridized carbons (Fsp3) is 0.944. The Hall–Kier alpha value is 0.190. The predicted molar refractivity (Wildman–Crippen MR) is 118 cm³/mol. The lowest BCUT2D eigenvalue weighted by molar-refractivity contribution is -0.190. The molecular weight excluding hydrogens is 447 g/mol. The lowest BCUT2D eigenvalue weighted by Crippen LogP contribution is -2.72. The molecule has 0 fully saturated rings. The van der Waals surface area contributed by atoms with E-state index in [9.17, 15) is 18.0 Å². The molecule has 3 unspecified atom stereocenters. The predicted octanol–water partition coefficient (Wildman–Crippen LogP) is 4.75. The molecule has 0 radical (unpaired) electrons. The van der Waals surface area contributed by atoms with Crippen molar-refractivity contribution in [1.29, 1.82) is 0 Å². The first-order valence-electron chi connectivity index (χ1n) is 9.40. The number of carbonyl (C=O) groups is 1. The van der Waals surface area contributed by atoms with E-state index in [1.165, 1.54) is 35.3 Å². The number of alkyl halides is 3. The molecule has 0 aliphatic rings. The molecule has 0 bridgehead atoms. The van der Waals surface area contributed by atoms with E-state index in [1.54, 1.807) is 0 Å². The van der Waals surface area contributed by atoms with Crippen molar-refractivity contribution in [3.8, 4) is 0 Å². The summed E-state index contributed by atoms with van der Waals surface area (Å²) in [5.41, 5.74) is -1.49. The molecule has 0 aliphatic carbocycles. The van der Waals surface area contributed by atoms with Gasteiger partial charge in [-0.3, -0.25) is 4.79 Å². The fourth-order valence-corrected chi connectivity index (χ4v) is 4.26. The molecule has 0 aliphatic heterocycles. The Bertz CT molecular complexity index is 418. The monoisotopic (exact) mass is 481 g/mol. The zero-order valence-electron chi connectivity index (χ0n) is 18.0. The van der Waals surface area contributed by atoms with Crippen molar-refractivity contribution >= 4 is 41.2 Å².